The molecular formula is C17H33N3O. The van der Waals surface area contributed by atoms with Gasteiger partial charge in [0.25, 0.3) is 0 Å². The number of piperidine rings is 1. The van der Waals surface area contributed by atoms with Gasteiger partial charge in [0.2, 0.25) is 5.91 Å². The molecule has 122 valence electrons. The number of carbonyl (C=O) groups is 1. The maximum absolute atomic E-state index is 12.5. The van der Waals surface area contributed by atoms with E-state index in [2.05, 4.69) is 36.3 Å². The van der Waals surface area contributed by atoms with Crippen LogP contribution in [0.1, 0.15) is 59.3 Å². The Balaban J connectivity index is 1.90. The van der Waals surface area contributed by atoms with Crippen LogP contribution in [0.25, 0.3) is 0 Å². The van der Waals surface area contributed by atoms with Crippen LogP contribution in [0.3, 0.4) is 0 Å². The van der Waals surface area contributed by atoms with Crippen molar-refractivity contribution in [3.8, 4) is 0 Å². The summed E-state index contributed by atoms with van der Waals surface area (Å²) < 4.78 is 0. The van der Waals surface area contributed by atoms with Gasteiger partial charge in [-0.3, -0.25) is 9.69 Å². The number of amides is 1. The highest BCUT2D eigenvalue weighted by Gasteiger charge is 2.37. The molecule has 0 radical (unpaired) electrons. The molecule has 2 saturated heterocycles. The second kappa shape index (κ2) is 8.14. The van der Waals surface area contributed by atoms with E-state index in [0.717, 1.165) is 38.4 Å². The van der Waals surface area contributed by atoms with E-state index in [1.807, 2.05) is 0 Å². The summed E-state index contributed by atoms with van der Waals surface area (Å²) in [4.78, 5) is 15.0. The average molecular weight is 295 g/mol. The third-order valence-electron chi connectivity index (χ3n) is 5.26. The van der Waals surface area contributed by atoms with Gasteiger partial charge in [-0.1, -0.05) is 13.3 Å². The van der Waals surface area contributed by atoms with Gasteiger partial charge in [-0.15, -0.1) is 0 Å². The number of nitrogens with one attached hydrogen (secondary N) is 2. The van der Waals surface area contributed by atoms with E-state index >= 15 is 0 Å². The molecule has 0 aromatic rings. The number of hydrogen-bond acceptors (Lipinski definition) is 3. The zero-order valence-electron chi connectivity index (χ0n) is 14.0. The molecule has 4 nitrogen and oxygen atoms in total. The van der Waals surface area contributed by atoms with Gasteiger partial charge < -0.3 is 10.6 Å². The van der Waals surface area contributed by atoms with Crippen molar-refractivity contribution in [3.63, 3.8) is 0 Å². The standard InChI is InChI=1S/C17H33N3O/c1-4-6-13(2)19-17(21)14(3)20-12-5-7-16(20)15-8-10-18-11-9-15/h13-16,18H,4-12H2,1-3H3,(H,19,21). The van der Waals surface area contributed by atoms with Crippen LogP contribution in [0.15, 0.2) is 0 Å². The molecule has 21 heavy (non-hydrogen) atoms. The Morgan fingerprint density at radius 1 is 1.29 bits per heavy atom. The molecule has 2 aliphatic heterocycles. The molecule has 2 aliphatic rings. The SMILES string of the molecule is CCCC(C)NC(=O)C(C)N1CCCC1C1CCNCC1. The molecule has 1 amide bonds. The predicted octanol–water partition coefficient (Wildman–Crippen LogP) is 2.14. The van der Waals surface area contributed by atoms with Gasteiger partial charge >= 0.3 is 0 Å². The number of likely N-dealkylation sites (tertiary alicyclic amines) is 1. The first-order chi connectivity index (χ1) is 10.1. The molecule has 3 atom stereocenters. The highest BCUT2D eigenvalue weighted by Crippen LogP contribution is 2.31. The highest BCUT2D eigenvalue weighted by molar-refractivity contribution is 5.81. The second-order valence-electron chi connectivity index (χ2n) is 6.91. The van der Waals surface area contributed by atoms with Crippen LogP contribution in [-0.2, 0) is 4.79 Å². The van der Waals surface area contributed by atoms with Crippen molar-refractivity contribution >= 4 is 5.91 Å². The fourth-order valence-corrected chi connectivity index (χ4v) is 4.05. The van der Waals surface area contributed by atoms with Crippen LogP contribution in [0.2, 0.25) is 0 Å². The van der Waals surface area contributed by atoms with Crippen molar-refractivity contribution in [3.05, 3.63) is 0 Å². The number of nitrogens with zero attached hydrogens (tertiary/aromatic N) is 1. The molecule has 2 rings (SSSR count). The lowest BCUT2D eigenvalue weighted by molar-refractivity contribution is -0.127. The molecule has 2 fully saturated rings. The summed E-state index contributed by atoms with van der Waals surface area (Å²) in [5.74, 6) is 0.994. The van der Waals surface area contributed by atoms with Crippen LogP contribution < -0.4 is 10.6 Å². The largest absolute Gasteiger partial charge is 0.352 e. The van der Waals surface area contributed by atoms with Crippen molar-refractivity contribution in [1.82, 2.24) is 15.5 Å². The summed E-state index contributed by atoms with van der Waals surface area (Å²) in [5, 5.41) is 6.64. The van der Waals surface area contributed by atoms with Crippen molar-refractivity contribution < 1.29 is 4.79 Å². The molecule has 0 aromatic heterocycles. The highest BCUT2D eigenvalue weighted by atomic mass is 16.2. The quantitative estimate of drug-likeness (QED) is 0.789. The van der Waals surface area contributed by atoms with Gasteiger partial charge in [-0.2, -0.15) is 0 Å². The van der Waals surface area contributed by atoms with Gasteiger partial charge in [0.15, 0.2) is 0 Å². The monoisotopic (exact) mass is 295 g/mol. The van der Waals surface area contributed by atoms with Crippen LogP contribution in [0.4, 0.5) is 0 Å². The Morgan fingerprint density at radius 3 is 2.67 bits per heavy atom. The zero-order valence-corrected chi connectivity index (χ0v) is 14.0. The molecule has 2 heterocycles. The Bertz CT molecular complexity index is 328. The lowest BCUT2D eigenvalue weighted by Crippen LogP contribution is -2.51. The minimum Gasteiger partial charge on any atom is -0.352 e. The lowest BCUT2D eigenvalue weighted by atomic mass is 9.88. The van der Waals surface area contributed by atoms with Gasteiger partial charge in [0.05, 0.1) is 6.04 Å². The Morgan fingerprint density at radius 2 is 2.00 bits per heavy atom. The first-order valence-corrected chi connectivity index (χ1v) is 8.90. The van der Waals surface area contributed by atoms with Crippen molar-refractivity contribution in [1.29, 1.82) is 0 Å². The predicted molar refractivity (Wildman–Crippen MR) is 87.3 cm³/mol. The third kappa shape index (κ3) is 4.43. The van der Waals surface area contributed by atoms with E-state index in [1.54, 1.807) is 0 Å². The molecule has 2 N–H and O–H groups in total. The minimum absolute atomic E-state index is 0.0201. The fourth-order valence-electron chi connectivity index (χ4n) is 4.05. The first kappa shape index (κ1) is 16.8. The van der Waals surface area contributed by atoms with Crippen LogP contribution in [0.5, 0.6) is 0 Å². The van der Waals surface area contributed by atoms with E-state index < -0.39 is 0 Å². The van der Waals surface area contributed by atoms with E-state index in [4.69, 9.17) is 0 Å². The number of hydrogen-bond donors (Lipinski definition) is 2. The topological polar surface area (TPSA) is 44.4 Å². The van der Waals surface area contributed by atoms with Crippen molar-refractivity contribution in [2.24, 2.45) is 5.92 Å². The lowest BCUT2D eigenvalue weighted by Gasteiger charge is -2.37. The Labute approximate surface area is 130 Å². The van der Waals surface area contributed by atoms with Gasteiger partial charge in [-0.25, -0.2) is 0 Å². The molecule has 0 bridgehead atoms. The molecule has 0 spiro atoms. The molecule has 0 aliphatic carbocycles. The Kier molecular flexibility index (Phi) is 6.49. The second-order valence-corrected chi connectivity index (χ2v) is 6.91. The minimum atomic E-state index is 0.0201. The Hall–Kier alpha value is -0.610. The summed E-state index contributed by atoms with van der Waals surface area (Å²) in [6.45, 7) is 9.74. The molecular weight excluding hydrogens is 262 g/mol. The summed E-state index contributed by atoms with van der Waals surface area (Å²) in [7, 11) is 0. The third-order valence-corrected chi connectivity index (χ3v) is 5.26. The zero-order chi connectivity index (χ0) is 15.2. The molecule has 0 aromatic carbocycles. The van der Waals surface area contributed by atoms with E-state index in [9.17, 15) is 4.79 Å². The average Bonchev–Trinajstić information content (AvgIpc) is 2.96. The number of rotatable bonds is 6. The van der Waals surface area contributed by atoms with E-state index in [0.29, 0.717) is 12.1 Å². The summed E-state index contributed by atoms with van der Waals surface area (Å²) in [6, 6.07) is 0.936. The van der Waals surface area contributed by atoms with Gasteiger partial charge in [-0.05, 0) is 71.5 Å². The van der Waals surface area contributed by atoms with Gasteiger partial charge in [0, 0.05) is 12.1 Å². The maximum Gasteiger partial charge on any atom is 0.237 e. The van der Waals surface area contributed by atoms with Gasteiger partial charge in [0.1, 0.15) is 0 Å². The summed E-state index contributed by atoms with van der Waals surface area (Å²) in [5.41, 5.74) is 0. The summed E-state index contributed by atoms with van der Waals surface area (Å²) >= 11 is 0. The summed E-state index contributed by atoms with van der Waals surface area (Å²) in [6.07, 6.45) is 7.24. The number of carbonyl (C=O) groups excluding carboxylic acids is 1. The molecule has 4 heteroatoms. The molecule has 3 unspecified atom stereocenters. The van der Waals surface area contributed by atoms with Crippen molar-refractivity contribution in [2.75, 3.05) is 19.6 Å². The molecule has 0 saturated carbocycles. The smallest absolute Gasteiger partial charge is 0.237 e. The normalized spacial score (nSPS) is 27.5. The maximum atomic E-state index is 12.5. The fraction of sp³-hybridized carbons (Fsp3) is 0.941. The van der Waals surface area contributed by atoms with E-state index in [1.165, 1.54) is 25.7 Å². The van der Waals surface area contributed by atoms with Crippen LogP contribution in [0, 0.1) is 5.92 Å². The van der Waals surface area contributed by atoms with Crippen molar-refractivity contribution in [2.45, 2.75) is 77.4 Å². The van der Waals surface area contributed by atoms with E-state index in [-0.39, 0.29) is 11.9 Å². The first-order valence-electron chi connectivity index (χ1n) is 8.90. The van der Waals surface area contributed by atoms with Crippen LogP contribution >= 0.6 is 0 Å². The van der Waals surface area contributed by atoms with Crippen LogP contribution in [-0.4, -0.2) is 48.6 Å².